The zero-order valence-corrected chi connectivity index (χ0v) is 19.1. The molecule has 172 valence electrons. The van der Waals surface area contributed by atoms with Crippen LogP contribution in [-0.4, -0.2) is 48.2 Å². The van der Waals surface area contributed by atoms with E-state index in [0.29, 0.717) is 46.3 Å². The Bertz CT molecular complexity index is 1220. The van der Waals surface area contributed by atoms with E-state index in [1.54, 1.807) is 30.0 Å². The van der Waals surface area contributed by atoms with Gasteiger partial charge in [0.15, 0.2) is 0 Å². The molecular weight excluding hydrogens is 414 g/mol. The summed E-state index contributed by atoms with van der Waals surface area (Å²) in [6, 6.07) is 15.2. The lowest BCUT2D eigenvalue weighted by Crippen LogP contribution is -2.51. The molecule has 2 atom stereocenters. The number of hydrogen-bond acceptors (Lipinski definition) is 4. The summed E-state index contributed by atoms with van der Waals surface area (Å²) >= 11 is 0. The van der Waals surface area contributed by atoms with Crippen molar-refractivity contribution in [3.8, 4) is 11.4 Å². The normalized spacial score (nSPS) is 20.9. The maximum atomic E-state index is 13.4. The number of rotatable bonds is 5. The Morgan fingerprint density at radius 1 is 1.03 bits per heavy atom. The smallest absolute Gasteiger partial charge is 0.262 e. The topological polar surface area (TPSA) is 63.6 Å². The molecule has 0 aliphatic carbocycles. The third-order valence-corrected chi connectivity index (χ3v) is 7.25. The van der Waals surface area contributed by atoms with Crippen LogP contribution in [0.2, 0.25) is 0 Å². The minimum atomic E-state index is -0.152. The van der Waals surface area contributed by atoms with Crippen LogP contribution in [0, 0.1) is 5.92 Å². The summed E-state index contributed by atoms with van der Waals surface area (Å²) in [5.41, 5.74) is 1.04. The Morgan fingerprint density at radius 3 is 2.70 bits per heavy atom. The van der Waals surface area contributed by atoms with Crippen LogP contribution in [0.5, 0.6) is 5.75 Å². The third-order valence-electron chi connectivity index (χ3n) is 7.25. The summed E-state index contributed by atoms with van der Waals surface area (Å²) in [7, 11) is 1.60. The fourth-order valence-corrected chi connectivity index (χ4v) is 5.56. The summed E-state index contributed by atoms with van der Waals surface area (Å²) in [6.07, 6.45) is 7.81. The van der Waals surface area contributed by atoms with E-state index >= 15 is 0 Å². The number of ether oxygens (including phenoxy) is 1. The molecule has 0 spiro atoms. The molecule has 0 saturated carbocycles. The Kier molecular flexibility index (Phi) is 6.18. The van der Waals surface area contributed by atoms with Crippen LogP contribution in [0.25, 0.3) is 16.5 Å². The molecule has 3 heterocycles. The number of aromatic nitrogens is 1. The molecule has 33 heavy (non-hydrogen) atoms. The molecule has 6 nitrogen and oxygen atoms in total. The van der Waals surface area contributed by atoms with Gasteiger partial charge in [0, 0.05) is 35.6 Å². The summed E-state index contributed by atoms with van der Waals surface area (Å²) < 4.78 is 6.88. The SMILES string of the molecule is COc1cccc(-n2cc(C(=O)NCC3CCCN4CCCCC34)c3ccccc3c2=O)c1. The number of amides is 1. The van der Waals surface area contributed by atoms with Crippen molar-refractivity contribution in [1.29, 1.82) is 0 Å². The van der Waals surface area contributed by atoms with E-state index in [0.717, 1.165) is 6.42 Å². The zero-order valence-electron chi connectivity index (χ0n) is 19.1. The average Bonchev–Trinajstić information content (AvgIpc) is 2.87. The number of carbonyl (C=O) groups excluding carboxylic acids is 1. The molecule has 5 rings (SSSR count). The molecule has 2 fully saturated rings. The summed E-state index contributed by atoms with van der Waals surface area (Å²) in [5, 5.41) is 4.42. The predicted molar refractivity (Wildman–Crippen MR) is 130 cm³/mol. The van der Waals surface area contributed by atoms with E-state index in [9.17, 15) is 9.59 Å². The van der Waals surface area contributed by atoms with Crippen LogP contribution in [-0.2, 0) is 0 Å². The van der Waals surface area contributed by atoms with E-state index in [1.165, 1.54) is 38.8 Å². The van der Waals surface area contributed by atoms with Gasteiger partial charge in [-0.25, -0.2) is 0 Å². The predicted octanol–water partition coefficient (Wildman–Crippen LogP) is 3.99. The second-order valence-electron chi connectivity index (χ2n) is 9.18. The van der Waals surface area contributed by atoms with E-state index < -0.39 is 0 Å². The van der Waals surface area contributed by atoms with Gasteiger partial charge in [-0.15, -0.1) is 0 Å². The molecule has 2 aliphatic heterocycles. The van der Waals surface area contributed by atoms with Gasteiger partial charge in [-0.1, -0.05) is 30.7 Å². The van der Waals surface area contributed by atoms with Crippen molar-refractivity contribution in [3.05, 3.63) is 70.6 Å². The van der Waals surface area contributed by atoms with Gasteiger partial charge in [0.1, 0.15) is 5.75 Å². The standard InChI is InChI=1S/C27H31N3O3/c1-33-21-10-6-9-20(16-21)30-18-24(22-11-2-3-12-23(22)27(30)32)26(31)28-17-19-8-7-15-29-14-5-4-13-25(19)29/h2-3,6,9-12,16,18-19,25H,4-5,7-8,13-15,17H2,1H3,(H,28,31). The molecule has 0 bridgehead atoms. The number of fused-ring (bicyclic) bond motifs is 2. The molecule has 3 aromatic rings. The molecule has 2 unspecified atom stereocenters. The lowest BCUT2D eigenvalue weighted by Gasteiger charge is -2.44. The highest BCUT2D eigenvalue weighted by molar-refractivity contribution is 6.06. The number of carbonyl (C=O) groups is 1. The van der Waals surface area contributed by atoms with Crippen molar-refractivity contribution in [1.82, 2.24) is 14.8 Å². The summed E-state index contributed by atoms with van der Waals surface area (Å²) in [5.74, 6) is 1.02. The van der Waals surface area contributed by atoms with Gasteiger partial charge in [0.05, 0.1) is 18.4 Å². The third kappa shape index (κ3) is 4.27. The Morgan fingerprint density at radius 2 is 1.85 bits per heavy atom. The van der Waals surface area contributed by atoms with Crippen molar-refractivity contribution in [2.45, 2.75) is 38.1 Å². The number of piperidine rings is 2. The van der Waals surface area contributed by atoms with Gasteiger partial charge in [-0.3, -0.25) is 14.2 Å². The molecule has 1 aromatic heterocycles. The molecule has 2 aliphatic rings. The maximum absolute atomic E-state index is 13.4. The lowest BCUT2D eigenvalue weighted by atomic mass is 9.83. The summed E-state index contributed by atoms with van der Waals surface area (Å²) in [6.45, 7) is 3.04. The molecule has 1 N–H and O–H groups in total. The van der Waals surface area contributed by atoms with E-state index in [-0.39, 0.29) is 11.5 Å². The van der Waals surface area contributed by atoms with Gasteiger partial charge in [-0.2, -0.15) is 0 Å². The van der Waals surface area contributed by atoms with Crippen LogP contribution in [0.4, 0.5) is 0 Å². The van der Waals surface area contributed by atoms with Crippen LogP contribution in [0.3, 0.4) is 0 Å². The average molecular weight is 446 g/mol. The number of pyridine rings is 1. The first-order valence-electron chi connectivity index (χ1n) is 12.0. The fourth-order valence-electron chi connectivity index (χ4n) is 5.56. The van der Waals surface area contributed by atoms with Crippen LogP contribution < -0.4 is 15.6 Å². The molecule has 0 radical (unpaired) electrons. The van der Waals surface area contributed by atoms with Gasteiger partial charge < -0.3 is 15.0 Å². The highest BCUT2D eigenvalue weighted by Gasteiger charge is 2.33. The minimum Gasteiger partial charge on any atom is -0.497 e. The van der Waals surface area contributed by atoms with Crippen molar-refractivity contribution in [2.24, 2.45) is 5.92 Å². The fraction of sp³-hybridized carbons (Fsp3) is 0.407. The van der Waals surface area contributed by atoms with Crippen LogP contribution in [0.1, 0.15) is 42.5 Å². The monoisotopic (exact) mass is 445 g/mol. The van der Waals surface area contributed by atoms with Crippen LogP contribution >= 0.6 is 0 Å². The molecule has 2 aromatic carbocycles. The highest BCUT2D eigenvalue weighted by Crippen LogP contribution is 2.30. The number of methoxy groups -OCH3 is 1. The first-order chi connectivity index (χ1) is 16.2. The number of benzene rings is 2. The van der Waals surface area contributed by atoms with E-state index in [4.69, 9.17) is 4.74 Å². The first-order valence-corrected chi connectivity index (χ1v) is 12.0. The first kappa shape index (κ1) is 21.7. The van der Waals surface area contributed by atoms with E-state index in [1.807, 2.05) is 36.4 Å². The van der Waals surface area contributed by atoms with Gasteiger partial charge in [-0.05, 0) is 62.9 Å². The Balaban J connectivity index is 1.46. The summed E-state index contributed by atoms with van der Waals surface area (Å²) in [4.78, 5) is 29.3. The van der Waals surface area contributed by atoms with Crippen LogP contribution in [0.15, 0.2) is 59.5 Å². The van der Waals surface area contributed by atoms with Gasteiger partial charge in [0.25, 0.3) is 11.5 Å². The van der Waals surface area contributed by atoms with E-state index in [2.05, 4.69) is 10.2 Å². The molecule has 6 heteroatoms. The minimum absolute atomic E-state index is 0.129. The molecule has 1 amide bonds. The van der Waals surface area contributed by atoms with Crippen molar-refractivity contribution in [3.63, 3.8) is 0 Å². The molecule has 2 saturated heterocycles. The maximum Gasteiger partial charge on any atom is 0.262 e. The Hall–Kier alpha value is -3.12. The number of nitrogens with one attached hydrogen (secondary N) is 1. The van der Waals surface area contributed by atoms with Crippen molar-refractivity contribution >= 4 is 16.7 Å². The van der Waals surface area contributed by atoms with Gasteiger partial charge >= 0.3 is 0 Å². The molecular formula is C27H31N3O3. The van der Waals surface area contributed by atoms with Crippen molar-refractivity contribution in [2.75, 3.05) is 26.7 Å². The zero-order chi connectivity index (χ0) is 22.8. The van der Waals surface area contributed by atoms with Gasteiger partial charge in [0.2, 0.25) is 0 Å². The second kappa shape index (κ2) is 9.40. The number of nitrogens with zero attached hydrogens (tertiary/aromatic N) is 2. The Labute approximate surface area is 194 Å². The number of hydrogen-bond donors (Lipinski definition) is 1. The second-order valence-corrected chi connectivity index (χ2v) is 9.18. The largest absolute Gasteiger partial charge is 0.497 e. The lowest BCUT2D eigenvalue weighted by molar-refractivity contribution is 0.0576. The van der Waals surface area contributed by atoms with Crippen molar-refractivity contribution < 1.29 is 9.53 Å². The highest BCUT2D eigenvalue weighted by atomic mass is 16.5. The quantitative estimate of drug-likeness (QED) is 0.645.